The lowest BCUT2D eigenvalue weighted by Crippen LogP contribution is -2.31. The van der Waals surface area contributed by atoms with Gasteiger partial charge >= 0.3 is 6.18 Å². The maximum absolute atomic E-state index is 12.3. The summed E-state index contributed by atoms with van der Waals surface area (Å²) in [7, 11) is 1.49. The van der Waals surface area contributed by atoms with E-state index in [2.05, 4.69) is 12.2 Å². The molecule has 0 amide bonds. The van der Waals surface area contributed by atoms with E-state index in [1.807, 2.05) is 24.3 Å². The van der Waals surface area contributed by atoms with Crippen LogP contribution in [0.1, 0.15) is 24.5 Å². The molecule has 0 heterocycles. The maximum Gasteiger partial charge on any atom is 0.401 e. The van der Waals surface area contributed by atoms with Crippen molar-refractivity contribution < 1.29 is 13.2 Å². The van der Waals surface area contributed by atoms with E-state index in [1.165, 1.54) is 11.9 Å². The largest absolute Gasteiger partial charge is 0.401 e. The number of halogens is 3. The van der Waals surface area contributed by atoms with Crippen LogP contribution in [-0.4, -0.2) is 31.2 Å². The van der Waals surface area contributed by atoms with Gasteiger partial charge in [-0.25, -0.2) is 0 Å². The Morgan fingerprint density at radius 1 is 1.16 bits per heavy atom. The normalized spacial score (nSPS) is 12.1. The van der Waals surface area contributed by atoms with Crippen molar-refractivity contribution in [2.75, 3.05) is 20.1 Å². The van der Waals surface area contributed by atoms with Crippen molar-refractivity contribution in [1.82, 2.24) is 10.2 Å². The zero-order valence-corrected chi connectivity index (χ0v) is 11.4. The third-order valence-corrected chi connectivity index (χ3v) is 2.75. The molecular weight excluding hydrogens is 253 g/mol. The molecule has 108 valence electrons. The number of nitrogens with one attached hydrogen (secondary N) is 1. The zero-order valence-electron chi connectivity index (χ0n) is 11.4. The number of rotatable bonds is 7. The SMILES string of the molecule is CCCNCc1ccccc1CN(C)CC(F)(F)F. The molecule has 1 aromatic rings. The van der Waals surface area contributed by atoms with E-state index in [9.17, 15) is 13.2 Å². The molecule has 0 unspecified atom stereocenters. The smallest absolute Gasteiger partial charge is 0.313 e. The molecule has 0 bridgehead atoms. The van der Waals surface area contributed by atoms with E-state index >= 15 is 0 Å². The molecule has 0 saturated carbocycles. The number of alkyl halides is 3. The first-order valence-electron chi connectivity index (χ1n) is 6.45. The van der Waals surface area contributed by atoms with Crippen LogP contribution in [0.5, 0.6) is 0 Å². The predicted octanol–water partition coefficient (Wildman–Crippen LogP) is 3.18. The highest BCUT2D eigenvalue weighted by molar-refractivity contribution is 5.26. The van der Waals surface area contributed by atoms with Gasteiger partial charge < -0.3 is 5.32 Å². The van der Waals surface area contributed by atoms with Crippen molar-refractivity contribution in [3.8, 4) is 0 Å². The summed E-state index contributed by atoms with van der Waals surface area (Å²) in [5, 5.41) is 3.27. The maximum atomic E-state index is 12.3. The molecule has 0 aliphatic rings. The number of nitrogens with zero attached hydrogens (tertiary/aromatic N) is 1. The van der Waals surface area contributed by atoms with Gasteiger partial charge in [-0.15, -0.1) is 0 Å². The van der Waals surface area contributed by atoms with Gasteiger partial charge in [0.1, 0.15) is 0 Å². The van der Waals surface area contributed by atoms with Crippen LogP contribution in [0.15, 0.2) is 24.3 Å². The summed E-state index contributed by atoms with van der Waals surface area (Å²) in [4.78, 5) is 1.29. The lowest BCUT2D eigenvalue weighted by molar-refractivity contribution is -0.144. The Morgan fingerprint density at radius 3 is 2.37 bits per heavy atom. The van der Waals surface area contributed by atoms with Crippen LogP contribution in [0, 0.1) is 0 Å². The van der Waals surface area contributed by atoms with Crippen LogP contribution in [0.4, 0.5) is 13.2 Å². The molecule has 5 heteroatoms. The van der Waals surface area contributed by atoms with Crippen LogP contribution in [-0.2, 0) is 13.1 Å². The molecule has 0 aliphatic carbocycles. The predicted molar refractivity (Wildman–Crippen MR) is 70.8 cm³/mol. The molecular formula is C14H21F3N2. The van der Waals surface area contributed by atoms with Gasteiger partial charge in [-0.2, -0.15) is 13.2 Å². The van der Waals surface area contributed by atoms with Crippen molar-refractivity contribution in [3.05, 3.63) is 35.4 Å². The van der Waals surface area contributed by atoms with Gasteiger partial charge in [0.15, 0.2) is 0 Å². The summed E-state index contributed by atoms with van der Waals surface area (Å²) in [6.45, 7) is 3.11. The molecule has 0 fully saturated rings. The second-order valence-corrected chi connectivity index (χ2v) is 4.73. The van der Waals surface area contributed by atoms with Gasteiger partial charge in [-0.1, -0.05) is 31.2 Å². The first-order valence-corrected chi connectivity index (χ1v) is 6.45. The molecule has 2 nitrogen and oxygen atoms in total. The van der Waals surface area contributed by atoms with Crippen LogP contribution in [0.25, 0.3) is 0 Å². The molecule has 0 spiro atoms. The lowest BCUT2D eigenvalue weighted by atomic mass is 10.1. The molecule has 1 rings (SSSR count). The molecule has 0 aromatic heterocycles. The van der Waals surface area contributed by atoms with Gasteiger partial charge in [0.2, 0.25) is 0 Å². The Labute approximate surface area is 112 Å². The van der Waals surface area contributed by atoms with E-state index in [1.54, 1.807) is 0 Å². The fourth-order valence-electron chi connectivity index (χ4n) is 1.94. The van der Waals surface area contributed by atoms with Crippen LogP contribution in [0.3, 0.4) is 0 Å². The number of hydrogen-bond donors (Lipinski definition) is 1. The van der Waals surface area contributed by atoms with E-state index in [4.69, 9.17) is 0 Å². The van der Waals surface area contributed by atoms with E-state index in [-0.39, 0.29) is 0 Å². The third kappa shape index (κ3) is 6.59. The average Bonchev–Trinajstić information content (AvgIpc) is 2.29. The van der Waals surface area contributed by atoms with Crippen molar-refractivity contribution >= 4 is 0 Å². The van der Waals surface area contributed by atoms with Gasteiger partial charge in [0.05, 0.1) is 6.54 Å². The third-order valence-electron chi connectivity index (χ3n) is 2.75. The summed E-state index contributed by atoms with van der Waals surface area (Å²) in [6, 6.07) is 7.62. The van der Waals surface area contributed by atoms with Gasteiger partial charge in [-0.3, -0.25) is 4.90 Å². The van der Waals surface area contributed by atoms with Crippen molar-refractivity contribution in [2.24, 2.45) is 0 Å². The molecule has 0 aliphatic heterocycles. The lowest BCUT2D eigenvalue weighted by Gasteiger charge is -2.20. The van der Waals surface area contributed by atoms with Crippen LogP contribution in [0.2, 0.25) is 0 Å². The standard InChI is InChI=1S/C14H21F3N2/c1-3-8-18-9-12-6-4-5-7-13(12)10-19(2)11-14(15,16)17/h4-7,18H,3,8-11H2,1-2H3. The average molecular weight is 274 g/mol. The molecule has 1 aromatic carbocycles. The molecule has 0 radical (unpaired) electrons. The zero-order chi connectivity index (χ0) is 14.3. The fraction of sp³-hybridized carbons (Fsp3) is 0.571. The first kappa shape index (κ1) is 16.0. The van der Waals surface area contributed by atoms with E-state index in [0.717, 1.165) is 24.1 Å². The Kier molecular flexibility index (Phi) is 6.31. The topological polar surface area (TPSA) is 15.3 Å². The van der Waals surface area contributed by atoms with Crippen LogP contribution < -0.4 is 5.32 Å². The van der Waals surface area contributed by atoms with Crippen molar-refractivity contribution in [2.45, 2.75) is 32.6 Å². The fourth-order valence-corrected chi connectivity index (χ4v) is 1.94. The van der Waals surface area contributed by atoms with Crippen LogP contribution >= 0.6 is 0 Å². The van der Waals surface area contributed by atoms with Gasteiger partial charge in [-0.05, 0) is 31.1 Å². The molecule has 0 atom stereocenters. The highest BCUT2D eigenvalue weighted by atomic mass is 19.4. The first-order chi connectivity index (χ1) is 8.92. The minimum absolute atomic E-state index is 0.309. The Hall–Kier alpha value is -1.07. The summed E-state index contributed by atoms with van der Waals surface area (Å²) >= 11 is 0. The quantitative estimate of drug-likeness (QED) is 0.768. The van der Waals surface area contributed by atoms with Crippen molar-refractivity contribution in [1.29, 1.82) is 0 Å². The van der Waals surface area contributed by atoms with Gasteiger partial charge in [0.25, 0.3) is 0 Å². The monoisotopic (exact) mass is 274 g/mol. The van der Waals surface area contributed by atoms with E-state index in [0.29, 0.717) is 13.1 Å². The highest BCUT2D eigenvalue weighted by Crippen LogP contribution is 2.18. The summed E-state index contributed by atoms with van der Waals surface area (Å²) in [5.41, 5.74) is 2.00. The second kappa shape index (κ2) is 7.50. The molecule has 19 heavy (non-hydrogen) atoms. The Bertz CT molecular complexity index is 377. The highest BCUT2D eigenvalue weighted by Gasteiger charge is 2.29. The summed E-state index contributed by atoms with van der Waals surface area (Å²) in [5.74, 6) is 0. The van der Waals surface area contributed by atoms with E-state index < -0.39 is 12.7 Å². The summed E-state index contributed by atoms with van der Waals surface area (Å²) in [6.07, 6.45) is -3.11. The minimum Gasteiger partial charge on any atom is -0.313 e. The summed E-state index contributed by atoms with van der Waals surface area (Å²) < 4.78 is 36.9. The number of hydrogen-bond acceptors (Lipinski definition) is 2. The number of benzene rings is 1. The minimum atomic E-state index is -4.15. The van der Waals surface area contributed by atoms with Gasteiger partial charge in [0, 0.05) is 13.1 Å². The van der Waals surface area contributed by atoms with Crippen molar-refractivity contribution in [3.63, 3.8) is 0 Å². The molecule has 0 saturated heterocycles. The Morgan fingerprint density at radius 2 is 1.79 bits per heavy atom. The Balaban J connectivity index is 2.61. The molecule has 1 N–H and O–H groups in total. The second-order valence-electron chi connectivity index (χ2n) is 4.73.